The number of carbonyl (C=O) groups excluding carboxylic acids is 1. The summed E-state index contributed by atoms with van der Waals surface area (Å²) in [6.07, 6.45) is 0.138. The van der Waals surface area contributed by atoms with Gasteiger partial charge < -0.3 is 20.5 Å². The number of methoxy groups -OCH3 is 1. The summed E-state index contributed by atoms with van der Waals surface area (Å²) < 4.78 is 5.07. The Morgan fingerprint density at radius 2 is 2.22 bits per heavy atom. The Morgan fingerprint density at radius 1 is 1.44 bits per heavy atom. The van der Waals surface area contributed by atoms with Gasteiger partial charge in [0.2, 0.25) is 0 Å². The van der Waals surface area contributed by atoms with Gasteiger partial charge in [0.1, 0.15) is 5.75 Å². The van der Waals surface area contributed by atoms with E-state index in [9.17, 15) is 9.90 Å². The van der Waals surface area contributed by atoms with Crippen molar-refractivity contribution in [2.24, 2.45) is 0 Å². The second kappa shape index (κ2) is 7.55. The standard InChI is InChI=1S/C13H20N2O3/c1-3-7-14-13(17)15-9-12(16)10-5-4-6-11(8-10)18-2/h4-6,8,12,16H,3,7,9H2,1-2H3,(H2,14,15,17). The maximum atomic E-state index is 11.3. The number of carbonyl (C=O) groups is 1. The van der Waals surface area contributed by atoms with Crippen molar-refractivity contribution in [3.8, 4) is 5.75 Å². The van der Waals surface area contributed by atoms with Crippen LogP contribution in [0.3, 0.4) is 0 Å². The van der Waals surface area contributed by atoms with E-state index in [2.05, 4.69) is 10.6 Å². The van der Waals surface area contributed by atoms with Crippen molar-refractivity contribution >= 4 is 6.03 Å². The highest BCUT2D eigenvalue weighted by Crippen LogP contribution is 2.18. The smallest absolute Gasteiger partial charge is 0.314 e. The number of urea groups is 1. The molecule has 1 aromatic carbocycles. The minimum atomic E-state index is -0.743. The van der Waals surface area contributed by atoms with E-state index < -0.39 is 6.10 Å². The molecule has 0 bridgehead atoms. The lowest BCUT2D eigenvalue weighted by Gasteiger charge is -2.13. The second-order valence-electron chi connectivity index (χ2n) is 3.93. The Kier molecular flexibility index (Phi) is 6.00. The molecule has 3 N–H and O–H groups in total. The van der Waals surface area contributed by atoms with Crippen LogP contribution in [0.2, 0.25) is 0 Å². The highest BCUT2D eigenvalue weighted by Gasteiger charge is 2.09. The lowest BCUT2D eigenvalue weighted by atomic mass is 10.1. The maximum Gasteiger partial charge on any atom is 0.314 e. The average molecular weight is 252 g/mol. The zero-order valence-electron chi connectivity index (χ0n) is 10.8. The molecule has 1 unspecified atom stereocenters. The van der Waals surface area contributed by atoms with Gasteiger partial charge in [-0.3, -0.25) is 0 Å². The molecule has 1 atom stereocenters. The van der Waals surface area contributed by atoms with E-state index in [1.54, 1.807) is 31.4 Å². The van der Waals surface area contributed by atoms with Gasteiger partial charge in [-0.05, 0) is 24.1 Å². The Labute approximate surface area is 107 Å². The van der Waals surface area contributed by atoms with Gasteiger partial charge in [-0.1, -0.05) is 19.1 Å². The van der Waals surface area contributed by atoms with Crippen molar-refractivity contribution < 1.29 is 14.6 Å². The first-order chi connectivity index (χ1) is 8.67. The first kappa shape index (κ1) is 14.3. The van der Waals surface area contributed by atoms with Crippen molar-refractivity contribution in [1.29, 1.82) is 0 Å². The summed E-state index contributed by atoms with van der Waals surface area (Å²) in [6.45, 7) is 2.77. The van der Waals surface area contributed by atoms with Crippen LogP contribution in [0.25, 0.3) is 0 Å². The molecule has 0 saturated carbocycles. The molecule has 0 saturated heterocycles. The number of rotatable bonds is 6. The molecule has 0 aliphatic carbocycles. The van der Waals surface area contributed by atoms with Gasteiger partial charge in [-0.25, -0.2) is 4.79 Å². The molecule has 100 valence electrons. The maximum absolute atomic E-state index is 11.3. The molecule has 0 aromatic heterocycles. The van der Waals surface area contributed by atoms with Gasteiger partial charge in [0, 0.05) is 13.1 Å². The van der Waals surface area contributed by atoms with Gasteiger partial charge in [-0.2, -0.15) is 0 Å². The Bertz CT molecular complexity index is 382. The van der Waals surface area contributed by atoms with Gasteiger partial charge >= 0.3 is 6.03 Å². The highest BCUT2D eigenvalue weighted by atomic mass is 16.5. The van der Waals surface area contributed by atoms with E-state index in [0.29, 0.717) is 17.9 Å². The molecule has 5 heteroatoms. The van der Waals surface area contributed by atoms with Gasteiger partial charge in [0.25, 0.3) is 0 Å². The number of hydrogen-bond donors (Lipinski definition) is 3. The van der Waals surface area contributed by atoms with Crippen molar-refractivity contribution in [2.75, 3.05) is 20.2 Å². The lowest BCUT2D eigenvalue weighted by molar-refractivity contribution is 0.173. The van der Waals surface area contributed by atoms with E-state index in [-0.39, 0.29) is 12.6 Å². The molecular formula is C13H20N2O3. The first-order valence-corrected chi connectivity index (χ1v) is 6.01. The molecule has 0 heterocycles. The number of nitrogens with one attached hydrogen (secondary N) is 2. The fourth-order valence-electron chi connectivity index (χ4n) is 1.46. The van der Waals surface area contributed by atoms with Gasteiger partial charge in [-0.15, -0.1) is 0 Å². The lowest BCUT2D eigenvalue weighted by Crippen LogP contribution is -2.38. The summed E-state index contributed by atoms with van der Waals surface area (Å²) >= 11 is 0. The van der Waals surface area contributed by atoms with Crippen molar-refractivity contribution in [3.05, 3.63) is 29.8 Å². The fourth-order valence-corrected chi connectivity index (χ4v) is 1.46. The highest BCUT2D eigenvalue weighted by molar-refractivity contribution is 5.73. The monoisotopic (exact) mass is 252 g/mol. The number of amides is 2. The van der Waals surface area contributed by atoms with E-state index in [1.807, 2.05) is 6.92 Å². The van der Waals surface area contributed by atoms with Crippen molar-refractivity contribution in [2.45, 2.75) is 19.4 Å². The van der Waals surface area contributed by atoms with Crippen LogP contribution in [0.4, 0.5) is 4.79 Å². The number of benzene rings is 1. The molecular weight excluding hydrogens is 232 g/mol. The average Bonchev–Trinajstić information content (AvgIpc) is 2.42. The molecule has 1 aromatic rings. The van der Waals surface area contributed by atoms with Crippen LogP contribution in [0.5, 0.6) is 5.75 Å². The summed E-state index contributed by atoms with van der Waals surface area (Å²) in [5, 5.41) is 15.2. The minimum absolute atomic E-state index is 0.169. The topological polar surface area (TPSA) is 70.6 Å². The Morgan fingerprint density at radius 3 is 2.89 bits per heavy atom. The Hall–Kier alpha value is -1.75. The summed E-state index contributed by atoms with van der Waals surface area (Å²) in [4.78, 5) is 11.3. The molecule has 2 amide bonds. The molecule has 0 fully saturated rings. The predicted molar refractivity (Wildman–Crippen MR) is 69.6 cm³/mol. The molecule has 18 heavy (non-hydrogen) atoms. The van der Waals surface area contributed by atoms with Crippen LogP contribution in [0.15, 0.2) is 24.3 Å². The molecule has 1 rings (SSSR count). The van der Waals surface area contributed by atoms with Crippen LogP contribution in [0, 0.1) is 0 Å². The van der Waals surface area contributed by atoms with E-state index in [0.717, 1.165) is 6.42 Å². The second-order valence-corrected chi connectivity index (χ2v) is 3.93. The van der Waals surface area contributed by atoms with Crippen LogP contribution < -0.4 is 15.4 Å². The third kappa shape index (κ3) is 4.63. The van der Waals surface area contributed by atoms with Crippen LogP contribution in [0.1, 0.15) is 25.0 Å². The third-order valence-electron chi connectivity index (χ3n) is 2.47. The van der Waals surface area contributed by atoms with Crippen LogP contribution in [-0.4, -0.2) is 31.3 Å². The van der Waals surface area contributed by atoms with E-state index >= 15 is 0 Å². The summed E-state index contributed by atoms with van der Waals surface area (Å²) in [6, 6.07) is 6.88. The van der Waals surface area contributed by atoms with Crippen molar-refractivity contribution in [1.82, 2.24) is 10.6 Å². The SMILES string of the molecule is CCCNC(=O)NCC(O)c1cccc(OC)c1. The van der Waals surface area contributed by atoms with Gasteiger partial charge in [0.15, 0.2) is 0 Å². The minimum Gasteiger partial charge on any atom is -0.497 e. The quantitative estimate of drug-likeness (QED) is 0.717. The molecule has 0 spiro atoms. The van der Waals surface area contributed by atoms with Crippen molar-refractivity contribution in [3.63, 3.8) is 0 Å². The van der Waals surface area contributed by atoms with E-state index in [4.69, 9.17) is 4.74 Å². The molecule has 5 nitrogen and oxygen atoms in total. The Balaban J connectivity index is 2.44. The number of hydrogen-bond acceptors (Lipinski definition) is 3. The van der Waals surface area contributed by atoms with Crippen LogP contribution >= 0.6 is 0 Å². The number of ether oxygens (including phenoxy) is 1. The summed E-state index contributed by atoms with van der Waals surface area (Å²) in [7, 11) is 1.57. The molecule has 0 radical (unpaired) electrons. The van der Waals surface area contributed by atoms with E-state index in [1.165, 1.54) is 0 Å². The molecule has 0 aliphatic rings. The van der Waals surface area contributed by atoms with Gasteiger partial charge in [0.05, 0.1) is 13.2 Å². The summed E-state index contributed by atoms with van der Waals surface area (Å²) in [5.74, 6) is 0.682. The number of aliphatic hydroxyl groups is 1. The van der Waals surface area contributed by atoms with Crippen LogP contribution in [-0.2, 0) is 0 Å². The predicted octanol–water partition coefficient (Wildman–Crippen LogP) is 1.44. The summed E-state index contributed by atoms with van der Waals surface area (Å²) in [5.41, 5.74) is 0.713. The zero-order chi connectivity index (χ0) is 13.4. The third-order valence-corrected chi connectivity index (χ3v) is 2.47. The molecule has 0 aliphatic heterocycles. The first-order valence-electron chi connectivity index (χ1n) is 6.01. The fraction of sp³-hybridized carbons (Fsp3) is 0.462. The zero-order valence-corrected chi connectivity index (χ0v) is 10.8. The largest absolute Gasteiger partial charge is 0.497 e. The normalized spacial score (nSPS) is 11.7. The number of aliphatic hydroxyl groups excluding tert-OH is 1.